The Kier molecular flexibility index (Phi) is 6.95. The summed E-state index contributed by atoms with van der Waals surface area (Å²) in [5.74, 6) is 0.778. The minimum atomic E-state index is -2.05. The number of aromatic nitrogens is 3. The maximum absolute atomic E-state index is 5.41. The molecule has 1 aliphatic heterocycles. The van der Waals surface area contributed by atoms with Gasteiger partial charge in [0.2, 0.25) is 0 Å². The number of hydrogen-bond acceptors (Lipinski definition) is 2. The SMILES string of the molecule is C[Si]1(C)c2ccccc2-c2c(-c3ccccc3)nc(-c3cccc(-c4cccc(-n5c6ccccc6c6cc(-c7ccccc7)ccc65)c4)c3)nc21. The van der Waals surface area contributed by atoms with Gasteiger partial charge < -0.3 is 4.57 Å². The zero-order valence-electron chi connectivity index (χ0n) is 29.1. The smallest absolute Gasteiger partial charge is 0.159 e. The van der Waals surface area contributed by atoms with Gasteiger partial charge in [-0.25, -0.2) is 9.97 Å². The predicted octanol–water partition coefficient (Wildman–Crippen LogP) is 11.0. The molecule has 3 heterocycles. The van der Waals surface area contributed by atoms with Crippen molar-refractivity contribution in [2.75, 3.05) is 0 Å². The molecule has 0 saturated heterocycles. The third-order valence-corrected chi connectivity index (χ3v) is 14.1. The highest BCUT2D eigenvalue weighted by atomic mass is 28.3. The van der Waals surface area contributed by atoms with Gasteiger partial charge in [-0.05, 0) is 69.4 Å². The Balaban J connectivity index is 1.10. The number of nitrogens with zero attached hydrogens (tertiary/aromatic N) is 3. The van der Waals surface area contributed by atoms with Crippen molar-refractivity contribution in [2.45, 2.75) is 13.1 Å². The van der Waals surface area contributed by atoms with Crippen LogP contribution in [0.25, 0.3) is 83.5 Å². The van der Waals surface area contributed by atoms with E-state index >= 15 is 0 Å². The van der Waals surface area contributed by atoms with Crippen molar-refractivity contribution in [3.8, 4) is 61.7 Å². The van der Waals surface area contributed by atoms with E-state index in [1.54, 1.807) is 0 Å². The van der Waals surface area contributed by atoms with Crippen molar-refractivity contribution in [1.29, 1.82) is 0 Å². The van der Waals surface area contributed by atoms with Crippen LogP contribution in [0.5, 0.6) is 0 Å². The van der Waals surface area contributed by atoms with Crippen LogP contribution in [-0.4, -0.2) is 22.6 Å². The Morgan fingerprint density at radius 1 is 0.442 bits per heavy atom. The van der Waals surface area contributed by atoms with Gasteiger partial charge in [-0.2, -0.15) is 0 Å². The van der Waals surface area contributed by atoms with Gasteiger partial charge in [-0.1, -0.05) is 153 Å². The molecule has 2 aromatic heterocycles. The van der Waals surface area contributed by atoms with Gasteiger partial charge in [0.15, 0.2) is 5.82 Å². The Morgan fingerprint density at radius 3 is 1.88 bits per heavy atom. The van der Waals surface area contributed by atoms with Crippen LogP contribution < -0.4 is 10.5 Å². The molecule has 10 rings (SSSR count). The normalized spacial score (nSPS) is 13.0. The molecule has 7 aromatic carbocycles. The maximum Gasteiger partial charge on any atom is 0.159 e. The summed E-state index contributed by atoms with van der Waals surface area (Å²) in [4.78, 5) is 10.8. The molecular formula is C48H35N3Si. The molecule has 3 nitrogen and oxygen atoms in total. The highest BCUT2D eigenvalue weighted by Gasteiger charge is 2.41. The molecule has 4 heteroatoms. The highest BCUT2D eigenvalue weighted by molar-refractivity contribution is 7.03. The number of benzene rings is 7. The molecule has 0 radical (unpaired) electrons. The largest absolute Gasteiger partial charge is 0.309 e. The summed E-state index contributed by atoms with van der Waals surface area (Å²) in [5.41, 5.74) is 13.9. The Morgan fingerprint density at radius 2 is 1.06 bits per heavy atom. The second-order valence-corrected chi connectivity index (χ2v) is 18.5. The second-order valence-electron chi connectivity index (χ2n) is 14.2. The van der Waals surface area contributed by atoms with E-state index in [4.69, 9.17) is 9.97 Å². The molecular weight excluding hydrogens is 647 g/mol. The van der Waals surface area contributed by atoms with Crippen molar-refractivity contribution in [2.24, 2.45) is 0 Å². The van der Waals surface area contributed by atoms with Crippen molar-refractivity contribution in [1.82, 2.24) is 14.5 Å². The molecule has 0 amide bonds. The average molecular weight is 682 g/mol. The summed E-state index contributed by atoms with van der Waals surface area (Å²) in [6.45, 7) is 4.84. The van der Waals surface area contributed by atoms with Crippen LogP contribution in [0, 0.1) is 0 Å². The molecule has 246 valence electrons. The van der Waals surface area contributed by atoms with Crippen molar-refractivity contribution in [3.05, 3.63) is 176 Å². The zero-order valence-corrected chi connectivity index (χ0v) is 30.1. The molecule has 0 aliphatic carbocycles. The van der Waals surface area contributed by atoms with E-state index in [0.29, 0.717) is 0 Å². The third-order valence-electron chi connectivity index (χ3n) is 10.8. The standard InChI is InChI=1S/C48H35N3Si/c1-52(2)44-26-12-10-24-40(44)45-46(33-17-7-4-8-18-33)49-47(50-48(45)52)37-21-13-19-34(29-37)35-20-14-22-38(30-35)51-42-25-11-9-23-39(42)41-31-36(27-28-43(41)51)32-15-5-3-6-16-32/h3-31H,1-2H3. The van der Waals surface area contributed by atoms with Gasteiger partial charge in [0.1, 0.15) is 8.07 Å². The van der Waals surface area contributed by atoms with E-state index in [-0.39, 0.29) is 0 Å². The molecule has 0 spiro atoms. The van der Waals surface area contributed by atoms with Gasteiger partial charge in [0.05, 0.1) is 16.7 Å². The zero-order chi connectivity index (χ0) is 34.8. The van der Waals surface area contributed by atoms with Crippen LogP contribution in [0.15, 0.2) is 176 Å². The van der Waals surface area contributed by atoms with Crippen LogP contribution in [0.1, 0.15) is 0 Å². The van der Waals surface area contributed by atoms with Crippen molar-refractivity contribution >= 4 is 40.4 Å². The molecule has 1 aliphatic rings. The van der Waals surface area contributed by atoms with E-state index in [0.717, 1.165) is 39.5 Å². The van der Waals surface area contributed by atoms with Crippen LogP contribution in [0.2, 0.25) is 13.1 Å². The van der Waals surface area contributed by atoms with Crippen LogP contribution >= 0.6 is 0 Å². The minimum Gasteiger partial charge on any atom is -0.309 e. The lowest BCUT2D eigenvalue weighted by atomic mass is 9.99. The van der Waals surface area contributed by atoms with Crippen LogP contribution in [-0.2, 0) is 0 Å². The lowest BCUT2D eigenvalue weighted by Crippen LogP contribution is -2.50. The van der Waals surface area contributed by atoms with Crippen LogP contribution in [0.4, 0.5) is 0 Å². The summed E-state index contributed by atoms with van der Waals surface area (Å²) < 4.78 is 2.40. The fourth-order valence-corrected chi connectivity index (χ4v) is 11.1. The fourth-order valence-electron chi connectivity index (χ4n) is 8.20. The summed E-state index contributed by atoms with van der Waals surface area (Å²) in [7, 11) is -2.05. The first-order chi connectivity index (χ1) is 25.5. The first-order valence-corrected chi connectivity index (χ1v) is 20.9. The molecule has 0 atom stereocenters. The first-order valence-electron chi connectivity index (χ1n) is 17.9. The monoisotopic (exact) mass is 681 g/mol. The van der Waals surface area contributed by atoms with Crippen LogP contribution in [0.3, 0.4) is 0 Å². The topological polar surface area (TPSA) is 30.7 Å². The molecule has 0 N–H and O–H groups in total. The number of hydrogen-bond donors (Lipinski definition) is 0. The van der Waals surface area contributed by atoms with E-state index in [1.807, 2.05) is 0 Å². The Labute approximate surface area is 304 Å². The number of rotatable bonds is 5. The molecule has 52 heavy (non-hydrogen) atoms. The van der Waals surface area contributed by atoms with Gasteiger partial charge >= 0.3 is 0 Å². The van der Waals surface area contributed by atoms with Gasteiger partial charge in [-0.3, -0.25) is 0 Å². The summed E-state index contributed by atoms with van der Waals surface area (Å²) in [6, 6.07) is 63.3. The summed E-state index contributed by atoms with van der Waals surface area (Å²) >= 11 is 0. The van der Waals surface area contributed by atoms with Gasteiger partial charge in [0.25, 0.3) is 0 Å². The average Bonchev–Trinajstić information content (AvgIpc) is 3.66. The first kappa shape index (κ1) is 30.5. The quantitative estimate of drug-likeness (QED) is 0.169. The molecule has 0 saturated carbocycles. The van der Waals surface area contributed by atoms with Gasteiger partial charge in [-0.15, -0.1) is 0 Å². The fraction of sp³-hybridized carbons (Fsp3) is 0.0417. The lowest BCUT2D eigenvalue weighted by molar-refractivity contribution is 1.18. The minimum absolute atomic E-state index is 0.778. The third kappa shape index (κ3) is 4.79. The highest BCUT2D eigenvalue weighted by Crippen LogP contribution is 2.38. The summed E-state index contributed by atoms with van der Waals surface area (Å²) in [6.07, 6.45) is 0. The Bertz CT molecular complexity index is 2820. The number of fused-ring (bicyclic) bond motifs is 6. The summed E-state index contributed by atoms with van der Waals surface area (Å²) in [5, 5.41) is 5.15. The molecule has 0 fully saturated rings. The molecule has 9 aromatic rings. The van der Waals surface area contributed by atoms with E-state index < -0.39 is 8.07 Å². The van der Waals surface area contributed by atoms with Crippen molar-refractivity contribution < 1.29 is 0 Å². The lowest BCUT2D eigenvalue weighted by Gasteiger charge is -2.19. The maximum atomic E-state index is 5.41. The molecule has 0 bridgehead atoms. The predicted molar refractivity (Wildman–Crippen MR) is 220 cm³/mol. The van der Waals surface area contributed by atoms with Gasteiger partial charge in [0, 0.05) is 38.5 Å². The second kappa shape index (κ2) is 11.9. The molecule has 0 unspecified atom stereocenters. The van der Waals surface area contributed by atoms with E-state index in [1.165, 1.54) is 54.6 Å². The van der Waals surface area contributed by atoms with Crippen molar-refractivity contribution in [3.63, 3.8) is 0 Å². The number of para-hydroxylation sites is 1. The van der Waals surface area contributed by atoms with E-state index in [2.05, 4.69) is 194 Å². The van der Waals surface area contributed by atoms with E-state index in [9.17, 15) is 0 Å². The Hall–Kier alpha value is -6.36.